The van der Waals surface area contributed by atoms with E-state index in [1.54, 1.807) is 10.9 Å². The molecule has 4 rings (SSSR count). The van der Waals surface area contributed by atoms with E-state index < -0.39 is 11.6 Å². The van der Waals surface area contributed by atoms with Crippen molar-refractivity contribution in [1.29, 1.82) is 0 Å². The summed E-state index contributed by atoms with van der Waals surface area (Å²) in [5.41, 5.74) is 2.19. The molecule has 26 heavy (non-hydrogen) atoms. The van der Waals surface area contributed by atoms with Crippen molar-refractivity contribution in [2.24, 2.45) is 11.8 Å². The monoisotopic (exact) mass is 354 g/mol. The predicted octanol–water partition coefficient (Wildman–Crippen LogP) is 2.73. The highest BCUT2D eigenvalue weighted by atomic mass is 16.6. The number of nitrogens with zero attached hydrogens (tertiary/aromatic N) is 4. The number of carbonyl (C=O) groups is 1. The van der Waals surface area contributed by atoms with Crippen molar-refractivity contribution in [3.8, 4) is 0 Å². The van der Waals surface area contributed by atoms with Gasteiger partial charge >= 0.3 is 5.97 Å². The van der Waals surface area contributed by atoms with Crippen LogP contribution in [-0.2, 0) is 17.8 Å². The van der Waals surface area contributed by atoms with E-state index in [2.05, 4.69) is 39.5 Å². The fraction of sp³-hybridized carbons (Fsp3) is 0.550. The first kappa shape index (κ1) is 17.2. The molecule has 0 amide bonds. The molecule has 1 aliphatic carbocycles. The summed E-state index contributed by atoms with van der Waals surface area (Å²) in [6.07, 6.45) is 3.08. The first-order chi connectivity index (χ1) is 12.4. The van der Waals surface area contributed by atoms with Crippen LogP contribution in [0.2, 0.25) is 0 Å². The van der Waals surface area contributed by atoms with Crippen LogP contribution in [0, 0.1) is 11.8 Å². The Labute approximate surface area is 154 Å². The lowest BCUT2D eigenvalue weighted by molar-refractivity contribution is 0.00627. The van der Waals surface area contributed by atoms with Crippen LogP contribution in [0.5, 0.6) is 0 Å². The van der Waals surface area contributed by atoms with Gasteiger partial charge in [-0.2, -0.15) is 0 Å². The highest BCUT2D eigenvalue weighted by Gasteiger charge is 2.44. The zero-order valence-electron chi connectivity index (χ0n) is 15.7. The molecule has 2 aliphatic rings. The molecule has 0 spiro atoms. The van der Waals surface area contributed by atoms with Crippen molar-refractivity contribution in [3.05, 3.63) is 47.3 Å². The van der Waals surface area contributed by atoms with E-state index in [9.17, 15) is 4.79 Å². The van der Waals surface area contributed by atoms with Gasteiger partial charge in [-0.1, -0.05) is 29.5 Å². The molecule has 6 heteroatoms. The van der Waals surface area contributed by atoms with Crippen LogP contribution in [0.4, 0.5) is 0 Å². The zero-order valence-corrected chi connectivity index (χ0v) is 15.7. The van der Waals surface area contributed by atoms with E-state index in [0.717, 1.165) is 23.9 Å². The second-order valence-corrected chi connectivity index (χ2v) is 8.57. The van der Waals surface area contributed by atoms with E-state index >= 15 is 0 Å². The number of fused-ring (bicyclic) bond motifs is 1. The van der Waals surface area contributed by atoms with Gasteiger partial charge in [0.25, 0.3) is 0 Å². The van der Waals surface area contributed by atoms with Gasteiger partial charge < -0.3 is 4.74 Å². The minimum Gasteiger partial charge on any atom is -0.455 e. The molecular formula is C20H26N4O2. The Morgan fingerprint density at radius 1 is 1.12 bits per heavy atom. The SMILES string of the molecule is CC(C)(C)OC(=O)c1cn(Cc2ccc(CN3CC4CC4C3)cc2)nn1. The third-order valence-corrected chi connectivity index (χ3v) is 4.97. The molecule has 1 aliphatic heterocycles. The van der Waals surface area contributed by atoms with Crippen molar-refractivity contribution in [2.45, 2.75) is 45.9 Å². The Kier molecular flexibility index (Phi) is 4.31. The number of carbonyl (C=O) groups excluding carboxylic acids is 1. The van der Waals surface area contributed by atoms with Crippen LogP contribution in [-0.4, -0.2) is 44.6 Å². The van der Waals surface area contributed by atoms with Crippen LogP contribution < -0.4 is 0 Å². The Morgan fingerprint density at radius 2 is 1.73 bits per heavy atom. The molecule has 0 bridgehead atoms. The summed E-state index contributed by atoms with van der Waals surface area (Å²) >= 11 is 0. The van der Waals surface area contributed by atoms with Crippen molar-refractivity contribution in [1.82, 2.24) is 19.9 Å². The number of aromatic nitrogens is 3. The average Bonchev–Trinajstić information content (AvgIpc) is 2.95. The van der Waals surface area contributed by atoms with Gasteiger partial charge in [0.2, 0.25) is 0 Å². The first-order valence-corrected chi connectivity index (χ1v) is 9.29. The van der Waals surface area contributed by atoms with Gasteiger partial charge in [-0.3, -0.25) is 4.90 Å². The van der Waals surface area contributed by atoms with E-state index in [1.165, 1.54) is 25.1 Å². The minimum atomic E-state index is -0.535. The summed E-state index contributed by atoms with van der Waals surface area (Å²) < 4.78 is 6.99. The molecule has 0 N–H and O–H groups in total. The standard InChI is InChI=1S/C20H26N4O2/c1-20(2,3)26-19(25)18-13-24(22-21-18)10-15-6-4-14(5-7-15)9-23-11-16-8-17(16)12-23/h4-7,13,16-17H,8-12H2,1-3H3. The molecule has 1 aromatic heterocycles. The molecule has 138 valence electrons. The largest absolute Gasteiger partial charge is 0.455 e. The lowest BCUT2D eigenvalue weighted by Crippen LogP contribution is -2.24. The summed E-state index contributed by atoms with van der Waals surface area (Å²) in [4.78, 5) is 14.6. The summed E-state index contributed by atoms with van der Waals surface area (Å²) in [5.74, 6) is 1.50. The van der Waals surface area contributed by atoms with Gasteiger partial charge in [0.05, 0.1) is 12.7 Å². The Hall–Kier alpha value is -2.21. The molecule has 1 saturated carbocycles. The van der Waals surface area contributed by atoms with E-state index in [-0.39, 0.29) is 5.69 Å². The smallest absolute Gasteiger partial charge is 0.361 e. The Bertz CT molecular complexity index is 781. The number of likely N-dealkylation sites (tertiary alicyclic amines) is 1. The van der Waals surface area contributed by atoms with Gasteiger partial charge in [0.15, 0.2) is 5.69 Å². The fourth-order valence-electron chi connectivity index (χ4n) is 3.62. The predicted molar refractivity (Wildman–Crippen MR) is 97.6 cm³/mol. The zero-order chi connectivity index (χ0) is 18.3. The Balaban J connectivity index is 1.33. The number of piperidine rings is 1. The molecule has 0 radical (unpaired) electrons. The van der Waals surface area contributed by atoms with E-state index in [1.807, 2.05) is 20.8 Å². The number of hydrogen-bond acceptors (Lipinski definition) is 5. The second kappa shape index (κ2) is 6.50. The third kappa shape index (κ3) is 4.12. The van der Waals surface area contributed by atoms with Crippen LogP contribution in [0.3, 0.4) is 0 Å². The van der Waals surface area contributed by atoms with Gasteiger partial charge in [0, 0.05) is 19.6 Å². The number of esters is 1. The maximum absolute atomic E-state index is 12.0. The van der Waals surface area contributed by atoms with Gasteiger partial charge in [-0.25, -0.2) is 9.48 Å². The third-order valence-electron chi connectivity index (χ3n) is 4.97. The highest BCUT2D eigenvalue weighted by molar-refractivity contribution is 5.87. The second-order valence-electron chi connectivity index (χ2n) is 8.57. The lowest BCUT2D eigenvalue weighted by atomic mass is 10.1. The molecule has 2 atom stereocenters. The maximum atomic E-state index is 12.0. The van der Waals surface area contributed by atoms with Crippen LogP contribution >= 0.6 is 0 Å². The molecule has 1 aromatic carbocycles. The fourth-order valence-corrected chi connectivity index (χ4v) is 3.62. The molecule has 2 heterocycles. The van der Waals surface area contributed by atoms with Crippen molar-refractivity contribution >= 4 is 5.97 Å². The maximum Gasteiger partial charge on any atom is 0.361 e. The highest BCUT2D eigenvalue weighted by Crippen LogP contribution is 2.45. The van der Waals surface area contributed by atoms with Crippen LogP contribution in [0.15, 0.2) is 30.5 Å². The Morgan fingerprint density at radius 3 is 2.35 bits per heavy atom. The van der Waals surface area contributed by atoms with Crippen molar-refractivity contribution < 1.29 is 9.53 Å². The average molecular weight is 354 g/mol. The van der Waals surface area contributed by atoms with Gasteiger partial charge in [-0.15, -0.1) is 5.10 Å². The molecule has 6 nitrogen and oxygen atoms in total. The van der Waals surface area contributed by atoms with E-state index in [4.69, 9.17) is 4.74 Å². The number of rotatable bonds is 5. The topological polar surface area (TPSA) is 60.2 Å². The first-order valence-electron chi connectivity index (χ1n) is 9.29. The summed E-state index contributed by atoms with van der Waals surface area (Å²) in [5, 5.41) is 7.96. The molecule has 2 aromatic rings. The van der Waals surface area contributed by atoms with Crippen LogP contribution in [0.1, 0.15) is 48.8 Å². The lowest BCUT2D eigenvalue weighted by Gasteiger charge is -2.18. The normalized spacial score (nSPS) is 22.3. The van der Waals surface area contributed by atoms with Gasteiger partial charge in [-0.05, 0) is 50.2 Å². The molecular weight excluding hydrogens is 328 g/mol. The van der Waals surface area contributed by atoms with Crippen LogP contribution in [0.25, 0.3) is 0 Å². The number of hydrogen-bond donors (Lipinski definition) is 0. The van der Waals surface area contributed by atoms with E-state index in [0.29, 0.717) is 6.54 Å². The number of ether oxygens (including phenoxy) is 1. The molecule has 2 fully saturated rings. The summed E-state index contributed by atoms with van der Waals surface area (Å²) in [7, 11) is 0. The number of benzene rings is 1. The van der Waals surface area contributed by atoms with Crippen molar-refractivity contribution in [3.63, 3.8) is 0 Å². The minimum absolute atomic E-state index is 0.240. The molecule has 2 unspecified atom stereocenters. The quantitative estimate of drug-likeness (QED) is 0.773. The van der Waals surface area contributed by atoms with Gasteiger partial charge in [0.1, 0.15) is 5.60 Å². The molecule has 1 saturated heterocycles. The van der Waals surface area contributed by atoms with Crippen molar-refractivity contribution in [2.75, 3.05) is 13.1 Å². The summed E-state index contributed by atoms with van der Waals surface area (Å²) in [6.45, 7) is 9.66. The summed E-state index contributed by atoms with van der Waals surface area (Å²) in [6, 6.07) is 8.62.